The summed E-state index contributed by atoms with van der Waals surface area (Å²) in [6.45, 7) is 5.77. The van der Waals surface area contributed by atoms with Gasteiger partial charge in [-0.15, -0.1) is 0 Å². The van der Waals surface area contributed by atoms with Gasteiger partial charge < -0.3 is 15.4 Å². The van der Waals surface area contributed by atoms with Gasteiger partial charge in [-0.25, -0.2) is 4.79 Å². The second-order valence-corrected chi connectivity index (χ2v) is 6.70. The van der Waals surface area contributed by atoms with Crippen LogP contribution in [0.1, 0.15) is 40.0 Å². The molecule has 0 aliphatic carbocycles. The van der Waals surface area contributed by atoms with Crippen LogP contribution < -0.4 is 10.6 Å². The van der Waals surface area contributed by atoms with Crippen LogP contribution in [0.4, 0.5) is 5.69 Å². The first-order valence-electron chi connectivity index (χ1n) is 8.53. The third-order valence-electron chi connectivity index (χ3n) is 3.65. The first-order valence-corrected chi connectivity index (χ1v) is 8.53. The van der Waals surface area contributed by atoms with E-state index in [0.717, 1.165) is 5.69 Å². The molecular weight excluding hydrogens is 320 g/mol. The Hall–Kier alpha value is -2.37. The number of methoxy groups -OCH3 is 1. The molecule has 0 bridgehead atoms. The summed E-state index contributed by atoms with van der Waals surface area (Å²) in [5.41, 5.74) is 0.729. The van der Waals surface area contributed by atoms with Crippen molar-refractivity contribution in [2.75, 3.05) is 12.4 Å². The van der Waals surface area contributed by atoms with E-state index in [4.69, 9.17) is 4.74 Å². The lowest BCUT2D eigenvalue weighted by atomic mass is 10.0. The van der Waals surface area contributed by atoms with E-state index in [1.54, 1.807) is 0 Å². The van der Waals surface area contributed by atoms with E-state index >= 15 is 0 Å². The van der Waals surface area contributed by atoms with Gasteiger partial charge in [0.2, 0.25) is 11.8 Å². The molecule has 6 nitrogen and oxygen atoms in total. The van der Waals surface area contributed by atoms with E-state index in [-0.39, 0.29) is 36.5 Å². The van der Waals surface area contributed by atoms with Gasteiger partial charge in [-0.3, -0.25) is 9.59 Å². The predicted octanol–water partition coefficient (Wildman–Crippen LogP) is 2.75. The summed E-state index contributed by atoms with van der Waals surface area (Å²) in [5.74, 6) is -0.731. The average Bonchev–Trinajstić information content (AvgIpc) is 2.53. The van der Waals surface area contributed by atoms with Gasteiger partial charge >= 0.3 is 5.97 Å². The molecule has 0 aliphatic rings. The van der Waals surface area contributed by atoms with E-state index in [2.05, 4.69) is 10.6 Å². The molecule has 0 saturated heterocycles. The number of benzene rings is 1. The Balaban J connectivity index is 2.46. The molecule has 1 aromatic rings. The summed E-state index contributed by atoms with van der Waals surface area (Å²) in [6.07, 6.45) is 0.921. The largest absolute Gasteiger partial charge is 0.467 e. The molecule has 25 heavy (non-hydrogen) atoms. The van der Waals surface area contributed by atoms with Crippen LogP contribution in [0.5, 0.6) is 0 Å². The van der Waals surface area contributed by atoms with Crippen LogP contribution in [0.3, 0.4) is 0 Å². The van der Waals surface area contributed by atoms with Crippen LogP contribution >= 0.6 is 0 Å². The lowest BCUT2D eigenvalue weighted by Gasteiger charge is -2.19. The fraction of sp³-hybridized carbons (Fsp3) is 0.526. The Bertz CT molecular complexity index is 572. The highest BCUT2D eigenvalue weighted by atomic mass is 16.5. The summed E-state index contributed by atoms with van der Waals surface area (Å²) in [6, 6.07) is 8.52. The number of amides is 2. The third kappa shape index (κ3) is 8.33. The molecule has 0 aromatic heterocycles. The van der Waals surface area contributed by atoms with E-state index < -0.39 is 12.0 Å². The molecule has 6 heteroatoms. The Labute approximate surface area is 149 Å². The smallest absolute Gasteiger partial charge is 0.328 e. The van der Waals surface area contributed by atoms with Gasteiger partial charge in [-0.2, -0.15) is 0 Å². The molecule has 0 unspecified atom stereocenters. The Morgan fingerprint density at radius 2 is 1.60 bits per heavy atom. The average molecular weight is 348 g/mol. The van der Waals surface area contributed by atoms with E-state index in [1.165, 1.54) is 7.11 Å². The summed E-state index contributed by atoms with van der Waals surface area (Å²) in [5, 5.41) is 5.50. The van der Waals surface area contributed by atoms with Gasteiger partial charge in [0.25, 0.3) is 0 Å². The van der Waals surface area contributed by atoms with Gasteiger partial charge in [0.15, 0.2) is 0 Å². The number of esters is 1. The molecule has 1 rings (SSSR count). The number of carbonyl (C=O) groups is 3. The summed E-state index contributed by atoms with van der Waals surface area (Å²) in [4.78, 5) is 35.9. The SMILES string of the molecule is COC(=O)[C@@H](CC(C)C)NC(=O)C[C@@H](C)CC(=O)Nc1ccccc1. The van der Waals surface area contributed by atoms with Crippen LogP contribution in [0, 0.1) is 11.8 Å². The van der Waals surface area contributed by atoms with Crippen molar-refractivity contribution in [3.63, 3.8) is 0 Å². The highest BCUT2D eigenvalue weighted by molar-refractivity contribution is 5.91. The monoisotopic (exact) mass is 348 g/mol. The molecule has 0 spiro atoms. The highest BCUT2D eigenvalue weighted by Crippen LogP contribution is 2.12. The number of hydrogen-bond acceptors (Lipinski definition) is 4. The Morgan fingerprint density at radius 1 is 1.00 bits per heavy atom. The lowest BCUT2D eigenvalue weighted by molar-refractivity contribution is -0.145. The molecule has 138 valence electrons. The van der Waals surface area contributed by atoms with Crippen molar-refractivity contribution >= 4 is 23.5 Å². The zero-order valence-corrected chi connectivity index (χ0v) is 15.4. The second-order valence-electron chi connectivity index (χ2n) is 6.70. The highest BCUT2D eigenvalue weighted by Gasteiger charge is 2.23. The second kappa shape index (κ2) is 10.5. The molecule has 0 aliphatic heterocycles. The van der Waals surface area contributed by atoms with Crippen molar-refractivity contribution in [1.82, 2.24) is 5.32 Å². The lowest BCUT2D eigenvalue weighted by Crippen LogP contribution is -2.42. The van der Waals surface area contributed by atoms with E-state index in [1.807, 2.05) is 51.1 Å². The molecule has 0 heterocycles. The number of carbonyl (C=O) groups excluding carboxylic acids is 3. The van der Waals surface area contributed by atoms with Crippen LogP contribution in [0.15, 0.2) is 30.3 Å². The fourth-order valence-corrected chi connectivity index (χ4v) is 2.52. The molecule has 0 saturated carbocycles. The summed E-state index contributed by atoms with van der Waals surface area (Å²) >= 11 is 0. The molecule has 0 radical (unpaired) electrons. The number of rotatable bonds is 9. The molecule has 0 fully saturated rings. The standard InChI is InChI=1S/C19H28N2O4/c1-13(2)10-16(19(24)25-4)21-18(23)12-14(3)11-17(22)20-15-8-6-5-7-9-15/h5-9,13-14,16H,10-12H2,1-4H3,(H,20,22)(H,21,23)/t14-,16+/m0/s1. The summed E-state index contributed by atoms with van der Waals surface area (Å²) in [7, 11) is 1.30. The van der Waals surface area contributed by atoms with Crippen LogP contribution in [0.25, 0.3) is 0 Å². The van der Waals surface area contributed by atoms with Crippen molar-refractivity contribution in [3.05, 3.63) is 30.3 Å². The maximum Gasteiger partial charge on any atom is 0.328 e. The topological polar surface area (TPSA) is 84.5 Å². The molecule has 1 aromatic carbocycles. The molecular formula is C19H28N2O4. The fourth-order valence-electron chi connectivity index (χ4n) is 2.52. The van der Waals surface area contributed by atoms with E-state index in [9.17, 15) is 14.4 Å². The van der Waals surface area contributed by atoms with Crippen LogP contribution in [-0.2, 0) is 19.1 Å². The van der Waals surface area contributed by atoms with Gasteiger partial charge in [-0.1, -0.05) is 39.0 Å². The van der Waals surface area contributed by atoms with Crippen LogP contribution in [-0.4, -0.2) is 30.9 Å². The van der Waals surface area contributed by atoms with Crippen molar-refractivity contribution in [3.8, 4) is 0 Å². The van der Waals surface area contributed by atoms with Gasteiger partial charge in [0.05, 0.1) is 7.11 Å². The predicted molar refractivity (Wildman–Crippen MR) is 96.9 cm³/mol. The maximum atomic E-state index is 12.2. The Morgan fingerprint density at radius 3 is 2.16 bits per heavy atom. The van der Waals surface area contributed by atoms with Crippen LogP contribution in [0.2, 0.25) is 0 Å². The van der Waals surface area contributed by atoms with Crippen molar-refractivity contribution in [1.29, 1.82) is 0 Å². The van der Waals surface area contributed by atoms with Crippen molar-refractivity contribution in [2.24, 2.45) is 11.8 Å². The first-order chi connectivity index (χ1) is 11.8. The maximum absolute atomic E-state index is 12.2. The number of nitrogens with one attached hydrogen (secondary N) is 2. The Kier molecular flexibility index (Phi) is 8.67. The molecule has 2 N–H and O–H groups in total. The van der Waals surface area contributed by atoms with Gasteiger partial charge in [-0.05, 0) is 30.4 Å². The van der Waals surface area contributed by atoms with Gasteiger partial charge in [0, 0.05) is 18.5 Å². The van der Waals surface area contributed by atoms with Crippen molar-refractivity contribution in [2.45, 2.75) is 46.1 Å². The third-order valence-corrected chi connectivity index (χ3v) is 3.65. The number of anilines is 1. The quantitative estimate of drug-likeness (QED) is 0.672. The normalized spacial score (nSPS) is 13.0. The van der Waals surface area contributed by atoms with E-state index in [0.29, 0.717) is 6.42 Å². The minimum atomic E-state index is -0.650. The number of ether oxygens (including phenoxy) is 1. The molecule has 2 atom stereocenters. The number of para-hydroxylation sites is 1. The molecule has 2 amide bonds. The minimum Gasteiger partial charge on any atom is -0.467 e. The first kappa shape index (κ1) is 20.7. The number of hydrogen-bond donors (Lipinski definition) is 2. The zero-order valence-electron chi connectivity index (χ0n) is 15.4. The van der Waals surface area contributed by atoms with Crippen molar-refractivity contribution < 1.29 is 19.1 Å². The van der Waals surface area contributed by atoms with Gasteiger partial charge in [0.1, 0.15) is 6.04 Å². The summed E-state index contributed by atoms with van der Waals surface area (Å²) < 4.78 is 4.73. The zero-order chi connectivity index (χ0) is 18.8. The minimum absolute atomic E-state index is 0.138.